The van der Waals surface area contributed by atoms with Crippen LogP contribution < -0.4 is 5.73 Å². The van der Waals surface area contributed by atoms with Crippen LogP contribution >= 0.6 is 0 Å². The number of nitrogens with two attached hydrogens (primary N) is 1. The van der Waals surface area contributed by atoms with Crippen molar-refractivity contribution >= 4 is 0 Å². The maximum Gasteiger partial charge on any atom is 0.128 e. The van der Waals surface area contributed by atoms with Crippen molar-refractivity contribution in [2.75, 3.05) is 19.6 Å². The van der Waals surface area contributed by atoms with Gasteiger partial charge in [-0.25, -0.2) is 4.39 Å². The highest BCUT2D eigenvalue weighted by atomic mass is 19.1. The summed E-state index contributed by atoms with van der Waals surface area (Å²) in [5.74, 6) is 0.434. The highest BCUT2D eigenvalue weighted by Crippen LogP contribution is 2.27. The van der Waals surface area contributed by atoms with Gasteiger partial charge < -0.3 is 10.6 Å². The van der Waals surface area contributed by atoms with Gasteiger partial charge in [0.2, 0.25) is 0 Å². The second kappa shape index (κ2) is 2.17. The first-order valence-electron chi connectivity index (χ1n) is 3.89. The number of nitrogens with zero attached hydrogens (tertiary/aromatic N) is 1. The normalized spacial score (nSPS) is 53.4. The molecule has 2 bridgehead atoms. The summed E-state index contributed by atoms with van der Waals surface area (Å²) in [6, 6.07) is -0.182. The van der Waals surface area contributed by atoms with E-state index in [0.717, 1.165) is 19.5 Å². The van der Waals surface area contributed by atoms with Crippen LogP contribution in [0.4, 0.5) is 4.39 Å². The van der Waals surface area contributed by atoms with E-state index in [1.165, 1.54) is 0 Å². The molecule has 0 aromatic heterocycles. The van der Waals surface area contributed by atoms with Gasteiger partial charge in [-0.15, -0.1) is 0 Å². The number of hydrogen-bond acceptors (Lipinski definition) is 2. The van der Waals surface area contributed by atoms with Crippen molar-refractivity contribution in [2.24, 2.45) is 11.7 Å². The van der Waals surface area contributed by atoms with Crippen LogP contribution in [0.5, 0.6) is 0 Å². The van der Waals surface area contributed by atoms with Gasteiger partial charge in [0.25, 0.3) is 0 Å². The van der Waals surface area contributed by atoms with Crippen molar-refractivity contribution < 1.29 is 4.39 Å². The molecule has 0 aromatic rings. The molecular formula is C7H13FN2. The monoisotopic (exact) mass is 144 g/mol. The number of halogens is 1. The summed E-state index contributed by atoms with van der Waals surface area (Å²) in [6.45, 7) is 2.65. The Balaban J connectivity index is 2.09. The minimum atomic E-state index is -0.777. The lowest BCUT2D eigenvalue weighted by atomic mass is 9.94. The average molecular weight is 144 g/mol. The number of piperidine rings is 1. The van der Waals surface area contributed by atoms with E-state index in [1.807, 2.05) is 0 Å². The third kappa shape index (κ3) is 0.847. The molecule has 10 heavy (non-hydrogen) atoms. The highest BCUT2D eigenvalue weighted by molar-refractivity contribution is 4.94. The molecule has 2 aliphatic heterocycles. The second-order valence-electron chi connectivity index (χ2n) is 3.40. The summed E-state index contributed by atoms with van der Waals surface area (Å²) >= 11 is 0. The average Bonchev–Trinajstić information content (AvgIpc) is 2.29. The second-order valence-corrected chi connectivity index (χ2v) is 3.40. The van der Waals surface area contributed by atoms with Crippen LogP contribution in [0.25, 0.3) is 0 Å². The van der Waals surface area contributed by atoms with Crippen molar-refractivity contribution in [3.05, 3.63) is 0 Å². The van der Waals surface area contributed by atoms with Gasteiger partial charge in [0.1, 0.15) is 6.17 Å². The van der Waals surface area contributed by atoms with E-state index in [2.05, 4.69) is 4.90 Å². The maximum atomic E-state index is 13.0. The summed E-state index contributed by atoms with van der Waals surface area (Å²) in [4.78, 5) is 2.17. The summed E-state index contributed by atoms with van der Waals surface area (Å²) in [5.41, 5.74) is 5.66. The molecule has 0 saturated carbocycles. The number of fused-ring (bicyclic) bond motifs is 2. The lowest BCUT2D eigenvalue weighted by Gasteiger charge is -2.30. The Hall–Kier alpha value is -0.150. The van der Waals surface area contributed by atoms with Crippen molar-refractivity contribution in [1.82, 2.24) is 4.90 Å². The molecule has 2 nitrogen and oxygen atoms in total. The Labute approximate surface area is 60.2 Å². The van der Waals surface area contributed by atoms with Gasteiger partial charge in [-0.2, -0.15) is 0 Å². The Bertz CT molecular complexity index is 140. The van der Waals surface area contributed by atoms with Gasteiger partial charge in [0, 0.05) is 19.1 Å². The minimum absolute atomic E-state index is 0.182. The third-order valence-corrected chi connectivity index (χ3v) is 2.70. The predicted octanol–water partition coefficient (Wildman–Crippen LogP) is -0.0127. The molecule has 0 spiro atoms. The number of rotatable bonds is 0. The molecule has 4 unspecified atom stereocenters. The third-order valence-electron chi connectivity index (χ3n) is 2.70. The Morgan fingerprint density at radius 2 is 2.20 bits per heavy atom. The first-order valence-corrected chi connectivity index (χ1v) is 3.89. The van der Waals surface area contributed by atoms with Gasteiger partial charge in [-0.1, -0.05) is 0 Å². The van der Waals surface area contributed by atoms with E-state index >= 15 is 0 Å². The van der Waals surface area contributed by atoms with Crippen molar-refractivity contribution in [2.45, 2.75) is 18.6 Å². The van der Waals surface area contributed by atoms with E-state index in [9.17, 15) is 4.39 Å². The number of alkyl halides is 1. The summed E-state index contributed by atoms with van der Waals surface area (Å²) in [6.07, 6.45) is 0.322. The van der Waals surface area contributed by atoms with Crippen LogP contribution in [0.2, 0.25) is 0 Å². The number of hydrogen-bond donors (Lipinski definition) is 1. The highest BCUT2D eigenvalue weighted by Gasteiger charge is 2.38. The molecule has 2 heterocycles. The van der Waals surface area contributed by atoms with Gasteiger partial charge >= 0.3 is 0 Å². The molecule has 2 aliphatic rings. The Morgan fingerprint density at radius 3 is 3.00 bits per heavy atom. The first kappa shape index (κ1) is 6.55. The fourth-order valence-electron chi connectivity index (χ4n) is 2.01. The van der Waals surface area contributed by atoms with Crippen LogP contribution in [0.1, 0.15) is 6.42 Å². The van der Waals surface area contributed by atoms with Crippen molar-refractivity contribution in [3.8, 4) is 0 Å². The lowest BCUT2D eigenvalue weighted by Crippen LogP contribution is -2.49. The fourth-order valence-corrected chi connectivity index (χ4v) is 2.01. The SMILES string of the molecule is NC1C(F)CN2CCC1C2. The fraction of sp³-hybridized carbons (Fsp3) is 1.00. The predicted molar refractivity (Wildman–Crippen MR) is 37.4 cm³/mol. The zero-order valence-electron chi connectivity index (χ0n) is 5.96. The quantitative estimate of drug-likeness (QED) is 0.518. The Morgan fingerprint density at radius 1 is 1.40 bits per heavy atom. The smallest absolute Gasteiger partial charge is 0.128 e. The topological polar surface area (TPSA) is 29.3 Å². The van der Waals surface area contributed by atoms with E-state index in [1.54, 1.807) is 0 Å². The summed E-state index contributed by atoms with van der Waals surface area (Å²) in [7, 11) is 0. The molecule has 2 fully saturated rings. The molecule has 0 radical (unpaired) electrons. The molecule has 58 valence electrons. The van der Waals surface area contributed by atoms with Crippen LogP contribution in [-0.2, 0) is 0 Å². The Kier molecular flexibility index (Phi) is 1.42. The van der Waals surface area contributed by atoms with E-state index < -0.39 is 6.17 Å². The van der Waals surface area contributed by atoms with E-state index in [0.29, 0.717) is 12.5 Å². The first-order chi connectivity index (χ1) is 4.77. The van der Waals surface area contributed by atoms with Gasteiger partial charge in [-0.05, 0) is 18.9 Å². The molecule has 2 rings (SSSR count). The van der Waals surface area contributed by atoms with Gasteiger partial charge in [0.15, 0.2) is 0 Å². The molecule has 2 N–H and O–H groups in total. The molecule has 0 aromatic carbocycles. The van der Waals surface area contributed by atoms with E-state index in [-0.39, 0.29) is 6.04 Å². The maximum absolute atomic E-state index is 13.0. The van der Waals surface area contributed by atoms with Crippen LogP contribution in [0.3, 0.4) is 0 Å². The molecule has 3 heteroatoms. The van der Waals surface area contributed by atoms with Crippen LogP contribution in [-0.4, -0.2) is 36.7 Å². The van der Waals surface area contributed by atoms with Crippen LogP contribution in [0, 0.1) is 5.92 Å². The standard InChI is InChI=1S/C7H13FN2/c8-6-4-10-2-1-5(3-10)7(6)9/h5-7H,1-4,9H2. The molecule has 0 amide bonds. The molecule has 4 atom stereocenters. The molecule has 2 saturated heterocycles. The van der Waals surface area contributed by atoms with E-state index in [4.69, 9.17) is 5.73 Å². The summed E-state index contributed by atoms with van der Waals surface area (Å²) < 4.78 is 13.0. The summed E-state index contributed by atoms with van der Waals surface area (Å²) in [5, 5.41) is 0. The lowest BCUT2D eigenvalue weighted by molar-refractivity contribution is 0.131. The largest absolute Gasteiger partial charge is 0.325 e. The van der Waals surface area contributed by atoms with Crippen LogP contribution in [0.15, 0.2) is 0 Å². The van der Waals surface area contributed by atoms with Gasteiger partial charge in [-0.3, -0.25) is 0 Å². The zero-order chi connectivity index (χ0) is 7.14. The molecule has 0 aliphatic carbocycles. The minimum Gasteiger partial charge on any atom is -0.325 e. The van der Waals surface area contributed by atoms with Crippen molar-refractivity contribution in [1.29, 1.82) is 0 Å². The van der Waals surface area contributed by atoms with Crippen molar-refractivity contribution in [3.63, 3.8) is 0 Å². The zero-order valence-corrected chi connectivity index (χ0v) is 5.96. The van der Waals surface area contributed by atoms with Gasteiger partial charge in [0.05, 0.1) is 0 Å². The molecular weight excluding hydrogens is 131 g/mol.